The lowest BCUT2D eigenvalue weighted by atomic mass is 9.97. The van der Waals surface area contributed by atoms with Gasteiger partial charge in [-0.3, -0.25) is 0 Å². The van der Waals surface area contributed by atoms with Crippen LogP contribution in [0.15, 0.2) is 18.2 Å². The molecular formula is C16H21N3. The summed E-state index contributed by atoms with van der Waals surface area (Å²) in [6, 6.07) is 6.21. The third-order valence-electron chi connectivity index (χ3n) is 3.21. The third-order valence-corrected chi connectivity index (χ3v) is 3.21. The lowest BCUT2D eigenvalue weighted by molar-refractivity contribution is 0.778. The van der Waals surface area contributed by atoms with Crippen LogP contribution in [0.1, 0.15) is 42.3 Å². The van der Waals surface area contributed by atoms with Crippen LogP contribution in [0.3, 0.4) is 0 Å². The first kappa shape index (κ1) is 13.5. The second kappa shape index (κ2) is 5.00. The number of nitrogens with zero attached hydrogens (tertiary/aromatic N) is 2. The number of anilines is 1. The Bertz CT molecular complexity index is 592. The van der Waals surface area contributed by atoms with Crippen LogP contribution in [0.5, 0.6) is 0 Å². The molecule has 0 fully saturated rings. The molecule has 0 aliphatic carbocycles. The van der Waals surface area contributed by atoms with Gasteiger partial charge in [0.1, 0.15) is 11.6 Å². The van der Waals surface area contributed by atoms with Gasteiger partial charge in [-0.25, -0.2) is 9.97 Å². The minimum atomic E-state index is 0.272. The summed E-state index contributed by atoms with van der Waals surface area (Å²) in [4.78, 5) is 8.97. The molecule has 0 bridgehead atoms. The van der Waals surface area contributed by atoms with Crippen molar-refractivity contribution in [2.75, 3.05) is 5.73 Å². The van der Waals surface area contributed by atoms with Crippen molar-refractivity contribution in [3.05, 3.63) is 40.7 Å². The Balaban J connectivity index is 2.65. The fraction of sp³-hybridized carbons (Fsp3) is 0.375. The minimum absolute atomic E-state index is 0.272. The third kappa shape index (κ3) is 2.75. The number of nitrogens with two attached hydrogens (primary N) is 1. The van der Waals surface area contributed by atoms with Crippen LogP contribution >= 0.6 is 0 Å². The van der Waals surface area contributed by atoms with Gasteiger partial charge in [-0.2, -0.15) is 0 Å². The summed E-state index contributed by atoms with van der Waals surface area (Å²) < 4.78 is 0. The van der Waals surface area contributed by atoms with Crippen LogP contribution in [0, 0.1) is 20.8 Å². The van der Waals surface area contributed by atoms with Gasteiger partial charge in [0.2, 0.25) is 0 Å². The predicted octanol–water partition coefficient (Wildman–Crippen LogP) is 3.77. The van der Waals surface area contributed by atoms with E-state index < -0.39 is 0 Å². The Morgan fingerprint density at radius 2 is 1.53 bits per heavy atom. The Morgan fingerprint density at radius 1 is 0.947 bits per heavy atom. The fourth-order valence-electron chi connectivity index (χ4n) is 2.46. The van der Waals surface area contributed by atoms with E-state index in [1.165, 1.54) is 22.3 Å². The zero-order valence-corrected chi connectivity index (χ0v) is 12.3. The molecule has 19 heavy (non-hydrogen) atoms. The first-order valence-corrected chi connectivity index (χ1v) is 6.61. The molecule has 0 saturated heterocycles. The van der Waals surface area contributed by atoms with Crippen molar-refractivity contribution in [1.82, 2.24) is 9.97 Å². The van der Waals surface area contributed by atoms with Crippen LogP contribution in [-0.4, -0.2) is 9.97 Å². The van der Waals surface area contributed by atoms with E-state index >= 15 is 0 Å². The summed E-state index contributed by atoms with van der Waals surface area (Å²) >= 11 is 0. The van der Waals surface area contributed by atoms with Gasteiger partial charge in [0.15, 0.2) is 0 Å². The lowest BCUT2D eigenvalue weighted by Gasteiger charge is -2.13. The smallest absolute Gasteiger partial charge is 0.133 e. The van der Waals surface area contributed by atoms with E-state index in [1.54, 1.807) is 0 Å². The number of benzene rings is 1. The number of nitrogen functional groups attached to an aromatic ring is 1. The molecule has 1 heterocycles. The maximum atomic E-state index is 5.91. The normalized spacial score (nSPS) is 11.1. The van der Waals surface area contributed by atoms with Gasteiger partial charge in [0.05, 0.1) is 5.69 Å². The first-order valence-electron chi connectivity index (χ1n) is 6.61. The molecular weight excluding hydrogens is 234 g/mol. The summed E-state index contributed by atoms with van der Waals surface area (Å²) in [7, 11) is 0. The molecule has 0 amide bonds. The molecule has 0 aliphatic rings. The molecule has 2 rings (SSSR count). The molecule has 1 aromatic carbocycles. The Morgan fingerprint density at radius 3 is 2.05 bits per heavy atom. The summed E-state index contributed by atoms with van der Waals surface area (Å²) in [6.07, 6.45) is 0. The number of hydrogen-bond acceptors (Lipinski definition) is 3. The standard InChI is InChI=1S/C16H21N3/c1-9(2)16-18-13(8-14(17)19-16)15-11(4)6-10(3)7-12(15)5/h6-9H,1-5H3,(H2,17,18,19). The molecule has 2 aromatic rings. The number of rotatable bonds is 2. The molecule has 100 valence electrons. The summed E-state index contributed by atoms with van der Waals surface area (Å²) in [6.45, 7) is 10.5. The highest BCUT2D eigenvalue weighted by Crippen LogP contribution is 2.28. The van der Waals surface area contributed by atoms with Crippen molar-refractivity contribution in [1.29, 1.82) is 0 Å². The average Bonchev–Trinajstić information content (AvgIpc) is 2.26. The van der Waals surface area contributed by atoms with Crippen LogP contribution in [0.2, 0.25) is 0 Å². The maximum absolute atomic E-state index is 5.91. The van der Waals surface area contributed by atoms with E-state index in [1.807, 2.05) is 6.07 Å². The number of aryl methyl sites for hydroxylation is 3. The zero-order chi connectivity index (χ0) is 14.2. The monoisotopic (exact) mass is 255 g/mol. The van der Waals surface area contributed by atoms with Crippen molar-refractivity contribution >= 4 is 5.82 Å². The quantitative estimate of drug-likeness (QED) is 0.888. The van der Waals surface area contributed by atoms with E-state index in [-0.39, 0.29) is 5.92 Å². The molecule has 0 aliphatic heterocycles. The Labute approximate surface area is 114 Å². The minimum Gasteiger partial charge on any atom is -0.384 e. The van der Waals surface area contributed by atoms with Crippen molar-refractivity contribution < 1.29 is 0 Å². The van der Waals surface area contributed by atoms with E-state index in [0.717, 1.165) is 11.5 Å². The molecule has 3 nitrogen and oxygen atoms in total. The number of aromatic nitrogens is 2. The van der Waals surface area contributed by atoms with Crippen LogP contribution in [0.25, 0.3) is 11.3 Å². The molecule has 0 saturated carbocycles. The zero-order valence-electron chi connectivity index (χ0n) is 12.3. The summed E-state index contributed by atoms with van der Waals surface area (Å²) in [5, 5.41) is 0. The average molecular weight is 255 g/mol. The molecule has 2 N–H and O–H groups in total. The SMILES string of the molecule is Cc1cc(C)c(-c2cc(N)nc(C(C)C)n2)c(C)c1. The van der Waals surface area contributed by atoms with E-state index in [4.69, 9.17) is 5.73 Å². The van der Waals surface area contributed by atoms with Crippen molar-refractivity contribution in [3.8, 4) is 11.3 Å². The maximum Gasteiger partial charge on any atom is 0.133 e. The molecule has 1 aromatic heterocycles. The van der Waals surface area contributed by atoms with Crippen molar-refractivity contribution in [2.24, 2.45) is 0 Å². The van der Waals surface area contributed by atoms with Gasteiger partial charge < -0.3 is 5.73 Å². The van der Waals surface area contributed by atoms with Gasteiger partial charge in [-0.15, -0.1) is 0 Å². The Hall–Kier alpha value is -1.90. The molecule has 3 heteroatoms. The Kier molecular flexibility index (Phi) is 3.56. The van der Waals surface area contributed by atoms with Gasteiger partial charge in [-0.05, 0) is 31.9 Å². The van der Waals surface area contributed by atoms with E-state index in [2.05, 4.69) is 56.7 Å². The van der Waals surface area contributed by atoms with E-state index in [0.29, 0.717) is 5.82 Å². The van der Waals surface area contributed by atoms with Crippen molar-refractivity contribution in [2.45, 2.75) is 40.5 Å². The fourth-order valence-corrected chi connectivity index (χ4v) is 2.46. The van der Waals surface area contributed by atoms with Gasteiger partial charge in [0.25, 0.3) is 0 Å². The summed E-state index contributed by atoms with van der Waals surface area (Å²) in [5.41, 5.74) is 11.7. The lowest BCUT2D eigenvalue weighted by Crippen LogP contribution is -2.04. The second-order valence-electron chi connectivity index (χ2n) is 5.46. The van der Waals surface area contributed by atoms with Gasteiger partial charge >= 0.3 is 0 Å². The van der Waals surface area contributed by atoms with Crippen molar-refractivity contribution in [3.63, 3.8) is 0 Å². The number of hydrogen-bond donors (Lipinski definition) is 1. The largest absolute Gasteiger partial charge is 0.384 e. The first-order chi connectivity index (χ1) is 8.88. The van der Waals surface area contributed by atoms with Crippen LogP contribution in [-0.2, 0) is 0 Å². The van der Waals surface area contributed by atoms with E-state index in [9.17, 15) is 0 Å². The molecule has 0 atom stereocenters. The molecule has 0 unspecified atom stereocenters. The second-order valence-corrected chi connectivity index (χ2v) is 5.46. The molecule has 0 spiro atoms. The highest BCUT2D eigenvalue weighted by atomic mass is 14.9. The van der Waals surface area contributed by atoms with Gasteiger partial charge in [-0.1, -0.05) is 31.5 Å². The van der Waals surface area contributed by atoms with Crippen LogP contribution in [0.4, 0.5) is 5.82 Å². The highest BCUT2D eigenvalue weighted by Gasteiger charge is 2.12. The molecule has 0 radical (unpaired) electrons. The highest BCUT2D eigenvalue weighted by molar-refractivity contribution is 5.69. The summed E-state index contributed by atoms with van der Waals surface area (Å²) in [5.74, 6) is 1.61. The predicted molar refractivity (Wildman–Crippen MR) is 80.2 cm³/mol. The topological polar surface area (TPSA) is 51.8 Å². The van der Waals surface area contributed by atoms with Gasteiger partial charge in [0, 0.05) is 17.5 Å². The van der Waals surface area contributed by atoms with Crippen LogP contribution < -0.4 is 5.73 Å².